The minimum absolute atomic E-state index is 0.0513. The van der Waals surface area contributed by atoms with Gasteiger partial charge in [-0.3, -0.25) is 14.3 Å². The van der Waals surface area contributed by atoms with E-state index in [1.54, 1.807) is 0 Å². The Morgan fingerprint density at radius 2 is 1.76 bits per heavy atom. The molecule has 5 heteroatoms. The van der Waals surface area contributed by atoms with Crippen LogP contribution in [0.3, 0.4) is 0 Å². The van der Waals surface area contributed by atoms with Gasteiger partial charge in [-0.1, -0.05) is 60.1 Å². The van der Waals surface area contributed by atoms with Gasteiger partial charge in [-0.25, -0.2) is 0 Å². The van der Waals surface area contributed by atoms with Crippen LogP contribution >= 0.6 is 0 Å². The lowest BCUT2D eigenvalue weighted by Crippen LogP contribution is -2.67. The van der Waals surface area contributed by atoms with Gasteiger partial charge >= 0.3 is 0 Å². The predicted octanol–water partition coefficient (Wildman–Crippen LogP) is 6.67. The Labute approximate surface area is 227 Å². The van der Waals surface area contributed by atoms with Gasteiger partial charge in [0.25, 0.3) is 0 Å². The second kappa shape index (κ2) is 7.80. The lowest BCUT2D eigenvalue weighted by Gasteiger charge is -2.69. The summed E-state index contributed by atoms with van der Waals surface area (Å²) in [5, 5.41) is 14.7. The van der Waals surface area contributed by atoms with Crippen molar-refractivity contribution in [2.24, 2.45) is 51.2 Å². The molecule has 0 spiro atoms. The number of nitrogens with zero attached hydrogens (tertiary/aromatic N) is 3. The van der Waals surface area contributed by atoms with Gasteiger partial charge in [0.2, 0.25) is 0 Å². The Bertz CT molecular complexity index is 1310. The van der Waals surface area contributed by atoms with E-state index in [9.17, 15) is 14.9 Å². The summed E-state index contributed by atoms with van der Waals surface area (Å²) in [6.45, 7) is 15.8. The van der Waals surface area contributed by atoms with E-state index in [0.717, 1.165) is 38.5 Å². The van der Waals surface area contributed by atoms with Crippen LogP contribution in [0.15, 0.2) is 41.8 Å². The molecule has 0 aromatic carbocycles. The van der Waals surface area contributed by atoms with Crippen molar-refractivity contribution in [1.82, 2.24) is 9.78 Å². The molecule has 5 aliphatic rings. The molecule has 0 radical (unpaired) electrons. The van der Waals surface area contributed by atoms with Crippen molar-refractivity contribution in [1.29, 1.82) is 5.26 Å². The molecule has 1 aromatic rings. The second-order valence-electron chi connectivity index (χ2n) is 14.7. The second-order valence-corrected chi connectivity index (χ2v) is 14.7. The molecule has 0 amide bonds. The molecule has 5 nitrogen and oxygen atoms in total. The Balaban J connectivity index is 1.55. The summed E-state index contributed by atoms with van der Waals surface area (Å²) in [5.41, 5.74) is -0.183. The van der Waals surface area contributed by atoms with Crippen LogP contribution in [0.5, 0.6) is 0 Å². The molecule has 5 aliphatic carbocycles. The van der Waals surface area contributed by atoms with Gasteiger partial charge in [-0.2, -0.15) is 10.4 Å². The summed E-state index contributed by atoms with van der Waals surface area (Å²) >= 11 is 0. The highest BCUT2D eigenvalue weighted by atomic mass is 16.1. The highest BCUT2D eigenvalue weighted by molar-refractivity contribution is 6.04. The van der Waals surface area contributed by atoms with Gasteiger partial charge in [-0.05, 0) is 85.2 Å². The molecular weight excluding hydrogens is 470 g/mol. The maximum Gasteiger partial charge on any atom is 0.178 e. The first-order chi connectivity index (χ1) is 17.8. The molecule has 0 saturated heterocycles. The van der Waals surface area contributed by atoms with Crippen molar-refractivity contribution in [2.75, 3.05) is 0 Å². The van der Waals surface area contributed by atoms with Crippen molar-refractivity contribution in [3.05, 3.63) is 41.8 Å². The topological polar surface area (TPSA) is 75.8 Å². The third-order valence-corrected chi connectivity index (χ3v) is 13.2. The van der Waals surface area contributed by atoms with Gasteiger partial charge in [0, 0.05) is 29.1 Å². The van der Waals surface area contributed by atoms with Crippen LogP contribution < -0.4 is 0 Å². The average molecular weight is 514 g/mol. The summed E-state index contributed by atoms with van der Waals surface area (Å²) < 4.78 is 2.21. The highest BCUT2D eigenvalue weighted by Gasteiger charge is 2.70. The molecule has 6 rings (SSSR count). The van der Waals surface area contributed by atoms with E-state index in [2.05, 4.69) is 51.6 Å². The van der Waals surface area contributed by atoms with E-state index in [1.807, 2.05) is 38.3 Å². The van der Waals surface area contributed by atoms with Gasteiger partial charge in [0.15, 0.2) is 11.6 Å². The van der Waals surface area contributed by atoms with E-state index in [0.29, 0.717) is 11.8 Å². The highest BCUT2D eigenvalue weighted by Crippen LogP contribution is 2.74. The molecule has 0 N–H and O–H groups in total. The Hall–Kier alpha value is -2.48. The van der Waals surface area contributed by atoms with Crippen molar-refractivity contribution < 1.29 is 9.59 Å². The maximum absolute atomic E-state index is 14.6. The zero-order valence-corrected chi connectivity index (χ0v) is 24.2. The van der Waals surface area contributed by atoms with Crippen molar-refractivity contribution in [3.8, 4) is 6.07 Å². The maximum atomic E-state index is 14.6. The summed E-state index contributed by atoms with van der Waals surface area (Å²) in [7, 11) is 0. The predicted molar refractivity (Wildman–Crippen MR) is 147 cm³/mol. The summed E-state index contributed by atoms with van der Waals surface area (Å²) in [6.07, 6.45) is 14.1. The first kappa shape index (κ1) is 25.8. The fraction of sp³-hybridized carbons (Fsp3) is 0.697. The molecule has 1 aromatic heterocycles. The zero-order valence-electron chi connectivity index (χ0n) is 24.2. The van der Waals surface area contributed by atoms with Gasteiger partial charge in [0.1, 0.15) is 6.07 Å². The molecule has 0 aliphatic heterocycles. The first-order valence-electron chi connectivity index (χ1n) is 14.7. The number of carbonyl (C=O) groups is 2. The lowest BCUT2D eigenvalue weighted by molar-refractivity contribution is -0.174. The van der Waals surface area contributed by atoms with Crippen LogP contribution in [-0.4, -0.2) is 21.3 Å². The molecule has 202 valence electrons. The smallest absolute Gasteiger partial charge is 0.178 e. The van der Waals surface area contributed by atoms with Gasteiger partial charge in [0.05, 0.1) is 11.1 Å². The number of rotatable bonds is 1. The number of hydrogen-bond donors (Lipinski definition) is 0. The summed E-state index contributed by atoms with van der Waals surface area (Å²) in [6, 6.07) is 4.24. The van der Waals surface area contributed by atoms with Crippen molar-refractivity contribution in [2.45, 2.75) is 92.5 Å². The monoisotopic (exact) mass is 513 g/mol. The zero-order chi connectivity index (χ0) is 27.5. The Morgan fingerprint density at radius 1 is 1.03 bits per heavy atom. The third kappa shape index (κ3) is 2.85. The molecule has 0 bridgehead atoms. The van der Waals surface area contributed by atoms with Crippen LogP contribution in [0.25, 0.3) is 0 Å². The molecule has 3 fully saturated rings. The first-order valence-corrected chi connectivity index (χ1v) is 14.7. The van der Waals surface area contributed by atoms with E-state index >= 15 is 0 Å². The number of allylic oxidation sites excluding steroid dienone is 4. The molecule has 0 unspecified atom stereocenters. The van der Waals surface area contributed by atoms with Crippen LogP contribution in [0.2, 0.25) is 0 Å². The molecule has 38 heavy (non-hydrogen) atoms. The van der Waals surface area contributed by atoms with Crippen molar-refractivity contribution >= 4 is 11.6 Å². The van der Waals surface area contributed by atoms with Crippen LogP contribution in [0, 0.1) is 62.6 Å². The number of fused-ring (bicyclic) bond motifs is 7. The fourth-order valence-corrected chi connectivity index (χ4v) is 10.7. The third-order valence-electron chi connectivity index (χ3n) is 13.2. The largest absolute Gasteiger partial charge is 0.295 e. The minimum atomic E-state index is -0.632. The number of nitriles is 1. The number of carbonyl (C=O) groups excluding carboxylic acids is 2. The SMILES string of the molecule is C[C@@H]1[C@H]2[C@H]3C(=O)C=C4[C@@]5(C)C=C(C#N)C(=O)C(C)(C)[C@@H]5CC[C@@]4(C)[C@]3(C)CC[C@@]2(n2cccn2)CC[C@H]1C. The molecule has 1 heterocycles. The summed E-state index contributed by atoms with van der Waals surface area (Å²) in [5.74, 6) is 1.43. The van der Waals surface area contributed by atoms with E-state index in [1.165, 1.54) is 5.57 Å². The number of aromatic nitrogens is 2. The Kier molecular flexibility index (Phi) is 5.29. The molecule has 3 saturated carbocycles. The fourth-order valence-electron chi connectivity index (χ4n) is 10.7. The van der Waals surface area contributed by atoms with Crippen LogP contribution in [0.1, 0.15) is 87.0 Å². The van der Waals surface area contributed by atoms with Crippen LogP contribution in [0.4, 0.5) is 0 Å². The average Bonchev–Trinajstić information content (AvgIpc) is 3.41. The normalized spacial score (nSPS) is 47.5. The summed E-state index contributed by atoms with van der Waals surface area (Å²) in [4.78, 5) is 27.8. The van der Waals surface area contributed by atoms with E-state index < -0.39 is 10.8 Å². The number of hydrogen-bond acceptors (Lipinski definition) is 4. The van der Waals surface area contributed by atoms with Crippen LogP contribution in [-0.2, 0) is 15.1 Å². The minimum Gasteiger partial charge on any atom is -0.295 e. The van der Waals surface area contributed by atoms with Gasteiger partial charge in [-0.15, -0.1) is 0 Å². The van der Waals surface area contributed by atoms with E-state index in [4.69, 9.17) is 5.10 Å². The number of Topliss-reactive ketones (excluding diaryl/α,β-unsaturated/α-hetero) is 1. The Morgan fingerprint density at radius 3 is 2.42 bits per heavy atom. The molecular formula is C33H43N3O2. The number of ketones is 2. The molecule has 9 atom stereocenters. The quantitative estimate of drug-likeness (QED) is 0.420. The lowest BCUT2D eigenvalue weighted by atomic mass is 9.34. The van der Waals surface area contributed by atoms with Gasteiger partial charge < -0.3 is 0 Å². The van der Waals surface area contributed by atoms with Crippen molar-refractivity contribution in [3.63, 3.8) is 0 Å². The van der Waals surface area contributed by atoms with E-state index in [-0.39, 0.29) is 51.3 Å². The standard InChI is InChI=1S/C33H43N3O2/c1-20-9-12-33(36-16-8-15-35-36)14-13-32(7)27(26(33)21(20)2)23(37)17-25-30(5)18-22(19-34)28(38)29(3,4)24(30)10-11-31(25,32)6/h8,15-18,20-21,24,26-27H,9-14H2,1-7H3/t20-,21+,24+,26+,27-,30+,31-,32-,33+/m1/s1.